The second kappa shape index (κ2) is 5.83. The van der Waals surface area contributed by atoms with E-state index in [1.165, 1.54) is 0 Å². The predicted molar refractivity (Wildman–Crippen MR) is 59.9 cm³/mol. The summed E-state index contributed by atoms with van der Waals surface area (Å²) in [5.41, 5.74) is 6.71. The molecular weight excluding hydrogens is 200 g/mol. The Balaban J connectivity index is 0.00000169. The van der Waals surface area contributed by atoms with Crippen LogP contribution in [0.1, 0.15) is 32.4 Å². The standard InChI is InChI=1S/C10H16N2O.ClH/c1-7(2)13-10-5-4-9(6-12-10)8(3)11;/h4-8H,11H2,1-3H3;1H. The Kier molecular flexibility index (Phi) is 5.50. The summed E-state index contributed by atoms with van der Waals surface area (Å²) in [6.45, 7) is 5.88. The minimum atomic E-state index is 0. The molecule has 0 saturated carbocycles. The molecule has 4 heteroatoms. The Morgan fingerprint density at radius 2 is 1.93 bits per heavy atom. The van der Waals surface area contributed by atoms with Gasteiger partial charge < -0.3 is 10.5 Å². The third kappa shape index (κ3) is 3.94. The zero-order chi connectivity index (χ0) is 9.84. The number of halogens is 1. The molecule has 0 radical (unpaired) electrons. The minimum absolute atomic E-state index is 0. The average Bonchev–Trinajstić information content (AvgIpc) is 2.04. The molecule has 0 spiro atoms. The molecule has 1 aromatic rings. The molecule has 1 atom stereocenters. The number of nitrogens with zero attached hydrogens (tertiary/aromatic N) is 1. The van der Waals surface area contributed by atoms with Crippen LogP contribution in [0.5, 0.6) is 5.88 Å². The number of hydrogen-bond acceptors (Lipinski definition) is 3. The van der Waals surface area contributed by atoms with Gasteiger partial charge in [-0.2, -0.15) is 0 Å². The number of aromatic nitrogens is 1. The van der Waals surface area contributed by atoms with Crippen molar-refractivity contribution in [2.45, 2.75) is 32.9 Å². The van der Waals surface area contributed by atoms with Gasteiger partial charge in [0.05, 0.1) is 6.10 Å². The van der Waals surface area contributed by atoms with Crippen LogP contribution in [0.25, 0.3) is 0 Å². The van der Waals surface area contributed by atoms with Gasteiger partial charge in [-0.1, -0.05) is 6.07 Å². The molecule has 0 aliphatic carbocycles. The van der Waals surface area contributed by atoms with E-state index < -0.39 is 0 Å². The van der Waals surface area contributed by atoms with E-state index in [1.807, 2.05) is 32.9 Å². The third-order valence-electron chi connectivity index (χ3n) is 1.64. The van der Waals surface area contributed by atoms with E-state index in [1.54, 1.807) is 6.20 Å². The van der Waals surface area contributed by atoms with Crippen molar-refractivity contribution < 1.29 is 4.74 Å². The summed E-state index contributed by atoms with van der Waals surface area (Å²) >= 11 is 0. The molecule has 1 aromatic heterocycles. The summed E-state index contributed by atoms with van der Waals surface area (Å²) in [7, 11) is 0. The molecule has 1 heterocycles. The summed E-state index contributed by atoms with van der Waals surface area (Å²) in [4.78, 5) is 4.14. The van der Waals surface area contributed by atoms with Gasteiger partial charge in [-0.3, -0.25) is 0 Å². The van der Waals surface area contributed by atoms with Crippen molar-refractivity contribution in [1.29, 1.82) is 0 Å². The third-order valence-corrected chi connectivity index (χ3v) is 1.64. The maximum atomic E-state index is 5.68. The Morgan fingerprint density at radius 1 is 1.29 bits per heavy atom. The maximum absolute atomic E-state index is 5.68. The van der Waals surface area contributed by atoms with Crippen molar-refractivity contribution in [3.05, 3.63) is 23.9 Å². The molecule has 0 aliphatic heterocycles. The largest absolute Gasteiger partial charge is 0.475 e. The molecule has 0 saturated heterocycles. The summed E-state index contributed by atoms with van der Waals surface area (Å²) in [6, 6.07) is 3.81. The van der Waals surface area contributed by atoms with Gasteiger partial charge in [0.1, 0.15) is 0 Å². The van der Waals surface area contributed by atoms with Gasteiger partial charge in [0.25, 0.3) is 0 Å². The van der Waals surface area contributed by atoms with Crippen molar-refractivity contribution in [3.8, 4) is 5.88 Å². The van der Waals surface area contributed by atoms with Gasteiger partial charge in [0, 0.05) is 18.3 Å². The molecule has 1 unspecified atom stereocenters. The van der Waals surface area contributed by atoms with Crippen LogP contribution in [-0.4, -0.2) is 11.1 Å². The Bertz CT molecular complexity index is 259. The number of rotatable bonds is 3. The highest BCUT2D eigenvalue weighted by Gasteiger charge is 2.01. The van der Waals surface area contributed by atoms with E-state index in [9.17, 15) is 0 Å². The van der Waals surface area contributed by atoms with E-state index in [0.717, 1.165) is 5.56 Å². The average molecular weight is 217 g/mol. The van der Waals surface area contributed by atoms with Gasteiger partial charge in [-0.15, -0.1) is 12.4 Å². The minimum Gasteiger partial charge on any atom is -0.475 e. The Morgan fingerprint density at radius 3 is 2.29 bits per heavy atom. The van der Waals surface area contributed by atoms with Crippen LogP contribution < -0.4 is 10.5 Å². The van der Waals surface area contributed by atoms with Crippen molar-refractivity contribution in [2.24, 2.45) is 5.73 Å². The molecule has 0 aliphatic rings. The van der Waals surface area contributed by atoms with Gasteiger partial charge in [0.15, 0.2) is 0 Å². The second-order valence-corrected chi connectivity index (χ2v) is 3.39. The molecule has 2 N–H and O–H groups in total. The van der Waals surface area contributed by atoms with Crippen molar-refractivity contribution >= 4 is 12.4 Å². The molecule has 80 valence electrons. The van der Waals surface area contributed by atoms with Crippen molar-refractivity contribution in [2.75, 3.05) is 0 Å². The van der Waals surface area contributed by atoms with Gasteiger partial charge >= 0.3 is 0 Å². The van der Waals surface area contributed by atoms with Crippen LogP contribution in [0.4, 0.5) is 0 Å². The number of hydrogen-bond donors (Lipinski definition) is 1. The van der Waals surface area contributed by atoms with E-state index in [2.05, 4.69) is 4.98 Å². The normalized spacial score (nSPS) is 12.1. The van der Waals surface area contributed by atoms with Gasteiger partial charge in [-0.25, -0.2) is 4.98 Å². The first kappa shape index (κ1) is 13.2. The van der Waals surface area contributed by atoms with Crippen LogP contribution in [0.3, 0.4) is 0 Å². The molecule has 14 heavy (non-hydrogen) atoms. The summed E-state index contributed by atoms with van der Waals surface area (Å²) < 4.78 is 5.40. The lowest BCUT2D eigenvalue weighted by Crippen LogP contribution is -2.08. The summed E-state index contributed by atoms with van der Waals surface area (Å²) in [5.74, 6) is 0.652. The smallest absolute Gasteiger partial charge is 0.213 e. The Hall–Kier alpha value is -0.800. The Labute approximate surface area is 91.1 Å². The summed E-state index contributed by atoms with van der Waals surface area (Å²) in [5, 5.41) is 0. The number of nitrogens with two attached hydrogens (primary N) is 1. The van der Waals surface area contributed by atoms with Gasteiger partial charge in [0.2, 0.25) is 5.88 Å². The van der Waals surface area contributed by atoms with E-state index in [-0.39, 0.29) is 24.6 Å². The fourth-order valence-electron chi connectivity index (χ4n) is 0.972. The topological polar surface area (TPSA) is 48.1 Å². The highest BCUT2D eigenvalue weighted by atomic mass is 35.5. The van der Waals surface area contributed by atoms with Crippen LogP contribution in [0, 0.1) is 0 Å². The van der Waals surface area contributed by atoms with Crippen molar-refractivity contribution in [1.82, 2.24) is 4.98 Å². The number of pyridine rings is 1. The monoisotopic (exact) mass is 216 g/mol. The van der Waals surface area contributed by atoms with Crippen LogP contribution >= 0.6 is 12.4 Å². The lowest BCUT2D eigenvalue weighted by Gasteiger charge is -2.09. The molecule has 1 rings (SSSR count). The van der Waals surface area contributed by atoms with Crippen LogP contribution in [0.2, 0.25) is 0 Å². The van der Waals surface area contributed by atoms with Crippen LogP contribution in [-0.2, 0) is 0 Å². The highest BCUT2D eigenvalue weighted by molar-refractivity contribution is 5.85. The fourth-order valence-corrected chi connectivity index (χ4v) is 0.972. The number of ether oxygens (including phenoxy) is 1. The highest BCUT2D eigenvalue weighted by Crippen LogP contribution is 2.13. The first-order valence-corrected chi connectivity index (χ1v) is 4.48. The molecule has 3 nitrogen and oxygen atoms in total. The maximum Gasteiger partial charge on any atom is 0.213 e. The SMILES string of the molecule is CC(C)Oc1ccc(C(C)N)cn1.Cl. The lowest BCUT2D eigenvalue weighted by atomic mass is 10.2. The molecule has 0 aromatic carbocycles. The van der Waals surface area contributed by atoms with E-state index >= 15 is 0 Å². The van der Waals surface area contributed by atoms with Crippen molar-refractivity contribution in [3.63, 3.8) is 0 Å². The molecule has 0 amide bonds. The first-order chi connectivity index (χ1) is 6.09. The molecule has 0 fully saturated rings. The summed E-state index contributed by atoms with van der Waals surface area (Å²) in [6.07, 6.45) is 1.91. The fraction of sp³-hybridized carbons (Fsp3) is 0.500. The zero-order valence-electron chi connectivity index (χ0n) is 8.73. The van der Waals surface area contributed by atoms with Gasteiger partial charge in [-0.05, 0) is 26.3 Å². The zero-order valence-corrected chi connectivity index (χ0v) is 9.54. The first-order valence-electron chi connectivity index (χ1n) is 4.48. The van der Waals surface area contributed by atoms with E-state index in [4.69, 9.17) is 10.5 Å². The lowest BCUT2D eigenvalue weighted by molar-refractivity contribution is 0.232. The quantitative estimate of drug-likeness (QED) is 0.844. The second-order valence-electron chi connectivity index (χ2n) is 3.39. The molecule has 0 bridgehead atoms. The van der Waals surface area contributed by atoms with Crippen LogP contribution in [0.15, 0.2) is 18.3 Å². The van der Waals surface area contributed by atoms with E-state index in [0.29, 0.717) is 5.88 Å². The molecular formula is C10H17ClN2O. The predicted octanol–water partition coefficient (Wildman–Crippen LogP) is 2.31.